The van der Waals surface area contributed by atoms with Gasteiger partial charge in [-0.3, -0.25) is 14.9 Å². The Morgan fingerprint density at radius 2 is 2.08 bits per heavy atom. The summed E-state index contributed by atoms with van der Waals surface area (Å²) >= 11 is 7.08. The van der Waals surface area contributed by atoms with Crippen molar-refractivity contribution in [1.82, 2.24) is 40.0 Å². The molecule has 0 bridgehead atoms. The van der Waals surface area contributed by atoms with Crippen LogP contribution in [0.25, 0.3) is 33.9 Å². The molecule has 39 heavy (non-hydrogen) atoms. The summed E-state index contributed by atoms with van der Waals surface area (Å²) in [6.07, 6.45) is 7.55. The third-order valence-corrected chi connectivity index (χ3v) is 7.70. The van der Waals surface area contributed by atoms with Crippen LogP contribution in [0.3, 0.4) is 0 Å². The molecule has 0 aliphatic heterocycles. The fourth-order valence-electron chi connectivity index (χ4n) is 5.00. The van der Waals surface area contributed by atoms with Gasteiger partial charge in [-0.25, -0.2) is 15.0 Å². The van der Waals surface area contributed by atoms with Crippen LogP contribution in [0.4, 0.5) is 8.78 Å². The number of thiazole rings is 1. The number of carbonyl (C=O) groups excluding carboxylic acids is 1. The monoisotopic (exact) mass is 570 g/mol. The summed E-state index contributed by atoms with van der Waals surface area (Å²) in [6, 6.07) is 8.17. The molecule has 4 aromatic heterocycles. The Morgan fingerprint density at radius 3 is 2.85 bits per heavy atom. The number of nitrogens with one attached hydrogen (secondary N) is 2. The molecule has 2 atom stereocenters. The van der Waals surface area contributed by atoms with E-state index >= 15 is 0 Å². The Bertz CT molecular complexity index is 1620. The van der Waals surface area contributed by atoms with Gasteiger partial charge < -0.3 is 14.6 Å². The Kier molecular flexibility index (Phi) is 6.92. The van der Waals surface area contributed by atoms with Crippen molar-refractivity contribution >= 4 is 39.9 Å². The van der Waals surface area contributed by atoms with E-state index < -0.39 is 6.61 Å². The van der Waals surface area contributed by atoms with Crippen LogP contribution in [0, 0.1) is 0 Å². The first-order valence-electron chi connectivity index (χ1n) is 12.2. The van der Waals surface area contributed by atoms with Crippen molar-refractivity contribution in [2.75, 3.05) is 0 Å². The molecule has 1 fully saturated rings. The number of ether oxygens (including phenoxy) is 1. The van der Waals surface area contributed by atoms with Crippen LogP contribution in [0.15, 0.2) is 49.1 Å². The number of para-hydroxylation sites is 1. The Labute approximate surface area is 229 Å². The second-order valence-electron chi connectivity index (χ2n) is 9.02. The highest BCUT2D eigenvalue weighted by Crippen LogP contribution is 2.39. The third-order valence-electron chi connectivity index (χ3n) is 6.58. The maximum absolute atomic E-state index is 13.3. The van der Waals surface area contributed by atoms with E-state index in [9.17, 15) is 13.6 Å². The number of fused-ring (bicyclic) bond motifs is 1. The fraction of sp³-hybridized carbons (Fsp3) is 0.280. The number of imidazole rings is 1. The lowest BCUT2D eigenvalue weighted by atomic mass is 9.90. The van der Waals surface area contributed by atoms with E-state index in [0.717, 1.165) is 36.1 Å². The van der Waals surface area contributed by atoms with Crippen LogP contribution in [-0.2, 0) is 0 Å². The number of hydrogen-bond donors (Lipinski definition) is 2. The van der Waals surface area contributed by atoms with Crippen molar-refractivity contribution in [2.24, 2.45) is 0 Å². The lowest BCUT2D eigenvalue weighted by Gasteiger charge is -2.32. The molecule has 14 heteroatoms. The number of rotatable bonds is 7. The van der Waals surface area contributed by atoms with Crippen molar-refractivity contribution in [2.45, 2.75) is 44.4 Å². The molecule has 1 aliphatic rings. The minimum Gasteiger partial charge on any atom is -0.434 e. The van der Waals surface area contributed by atoms with Crippen LogP contribution in [-0.4, -0.2) is 53.3 Å². The zero-order valence-electron chi connectivity index (χ0n) is 20.2. The zero-order valence-corrected chi connectivity index (χ0v) is 21.8. The fourth-order valence-corrected chi connectivity index (χ4v) is 5.81. The number of hydrogen-bond acceptors (Lipinski definition) is 8. The van der Waals surface area contributed by atoms with Gasteiger partial charge in [0.25, 0.3) is 5.91 Å². The molecule has 1 aliphatic carbocycles. The number of aromatic nitrogens is 7. The van der Waals surface area contributed by atoms with Crippen LogP contribution >= 0.6 is 22.9 Å². The predicted octanol–water partition coefficient (Wildman–Crippen LogP) is 5.51. The van der Waals surface area contributed by atoms with Crippen molar-refractivity contribution < 1.29 is 18.3 Å². The molecule has 5 aromatic rings. The van der Waals surface area contributed by atoms with E-state index in [2.05, 4.69) is 30.5 Å². The molecule has 0 spiro atoms. The van der Waals surface area contributed by atoms with Crippen molar-refractivity contribution in [1.29, 1.82) is 0 Å². The van der Waals surface area contributed by atoms with E-state index in [-0.39, 0.29) is 23.7 Å². The maximum Gasteiger partial charge on any atom is 0.387 e. The lowest BCUT2D eigenvalue weighted by Crippen LogP contribution is -2.39. The number of pyridine rings is 1. The Hall–Kier alpha value is -3.97. The van der Waals surface area contributed by atoms with Gasteiger partial charge >= 0.3 is 6.61 Å². The first kappa shape index (κ1) is 25.3. The van der Waals surface area contributed by atoms with Crippen molar-refractivity contribution in [3.63, 3.8) is 0 Å². The SMILES string of the molecule is O=C(N[C@H]1CCC[C@@H](n2c(-c3ccccc3OC(F)F)nc3cnc(-c4nc[nH]n4)cc32)C1)c1ncc(Cl)s1. The van der Waals surface area contributed by atoms with Crippen LogP contribution in [0.2, 0.25) is 4.34 Å². The van der Waals surface area contributed by atoms with Gasteiger partial charge in [0.1, 0.15) is 33.4 Å². The molecule has 0 radical (unpaired) electrons. The van der Waals surface area contributed by atoms with Gasteiger partial charge in [-0.1, -0.05) is 35.1 Å². The van der Waals surface area contributed by atoms with Gasteiger partial charge in [-0.2, -0.15) is 13.9 Å². The minimum absolute atomic E-state index is 0.0208. The summed E-state index contributed by atoms with van der Waals surface area (Å²) in [5.74, 6) is 0.634. The number of H-pyrrole nitrogens is 1. The largest absolute Gasteiger partial charge is 0.434 e. The molecule has 0 saturated heterocycles. The summed E-state index contributed by atoms with van der Waals surface area (Å²) in [6.45, 7) is -2.99. The highest BCUT2D eigenvalue weighted by molar-refractivity contribution is 7.17. The summed E-state index contributed by atoms with van der Waals surface area (Å²) in [7, 11) is 0. The molecule has 1 amide bonds. The normalized spacial score (nSPS) is 17.5. The van der Waals surface area contributed by atoms with Gasteiger partial charge in [-0.15, -0.1) is 0 Å². The van der Waals surface area contributed by atoms with Crippen molar-refractivity contribution in [3.05, 3.63) is 58.4 Å². The molecule has 1 aromatic carbocycles. The molecule has 6 rings (SSSR count). The van der Waals surface area contributed by atoms with Gasteiger partial charge in [0.2, 0.25) is 0 Å². The van der Waals surface area contributed by atoms with Gasteiger partial charge in [-0.05, 0) is 43.9 Å². The number of aromatic amines is 1. The molecular formula is C25H21ClF2N8O2S. The number of carbonyl (C=O) groups is 1. The molecular weight excluding hydrogens is 550 g/mol. The van der Waals surface area contributed by atoms with Crippen LogP contribution in [0.5, 0.6) is 5.75 Å². The van der Waals surface area contributed by atoms with E-state index in [1.807, 2.05) is 10.6 Å². The van der Waals surface area contributed by atoms with E-state index in [0.29, 0.717) is 44.2 Å². The van der Waals surface area contributed by atoms with Gasteiger partial charge in [0.05, 0.1) is 23.5 Å². The second-order valence-corrected chi connectivity index (χ2v) is 10.7. The molecule has 4 heterocycles. The summed E-state index contributed by atoms with van der Waals surface area (Å²) in [4.78, 5) is 30.3. The number of alkyl halides is 2. The topological polar surface area (TPSA) is 124 Å². The first-order valence-corrected chi connectivity index (χ1v) is 13.4. The molecule has 200 valence electrons. The summed E-state index contributed by atoms with van der Waals surface area (Å²) in [5.41, 5.74) is 2.29. The maximum atomic E-state index is 13.3. The number of amides is 1. The first-order chi connectivity index (χ1) is 19.0. The number of halogens is 3. The zero-order chi connectivity index (χ0) is 26.9. The highest BCUT2D eigenvalue weighted by Gasteiger charge is 2.30. The lowest BCUT2D eigenvalue weighted by molar-refractivity contribution is -0.0494. The molecule has 10 nitrogen and oxygen atoms in total. The standard InChI is InChI=1S/C25H21ClF2N8O2S/c26-20-11-30-24(39-20)23(37)33-13-4-3-5-14(8-13)36-18-9-16(21-31-12-32-35-21)29-10-17(18)34-22(36)15-6-1-2-7-19(15)38-25(27)28/h1-2,6-7,9-14,25H,3-5,8H2,(H,33,37)(H,31,32,35)/t13-,14+/m0/s1. The smallest absolute Gasteiger partial charge is 0.387 e. The Morgan fingerprint density at radius 1 is 1.21 bits per heavy atom. The average molecular weight is 571 g/mol. The number of benzene rings is 1. The third kappa shape index (κ3) is 5.19. The average Bonchev–Trinajstić information content (AvgIpc) is 3.68. The molecule has 2 N–H and O–H groups in total. The quantitative estimate of drug-likeness (QED) is 0.264. The van der Waals surface area contributed by atoms with Gasteiger partial charge in [0, 0.05) is 12.1 Å². The van der Waals surface area contributed by atoms with E-state index in [4.69, 9.17) is 21.3 Å². The van der Waals surface area contributed by atoms with Crippen molar-refractivity contribution in [3.8, 4) is 28.7 Å². The second kappa shape index (κ2) is 10.7. The molecule has 0 unspecified atom stereocenters. The summed E-state index contributed by atoms with van der Waals surface area (Å²) < 4.78 is 33.9. The minimum atomic E-state index is -2.99. The number of nitrogens with zero attached hydrogens (tertiary/aromatic N) is 6. The van der Waals surface area contributed by atoms with Crippen LogP contribution in [0.1, 0.15) is 41.5 Å². The van der Waals surface area contributed by atoms with E-state index in [1.165, 1.54) is 18.6 Å². The highest BCUT2D eigenvalue weighted by atomic mass is 35.5. The van der Waals surface area contributed by atoms with E-state index in [1.54, 1.807) is 24.4 Å². The predicted molar refractivity (Wildman–Crippen MR) is 141 cm³/mol. The van der Waals surface area contributed by atoms with Gasteiger partial charge in [0.15, 0.2) is 10.8 Å². The van der Waals surface area contributed by atoms with Crippen LogP contribution < -0.4 is 10.1 Å². The Balaban J connectivity index is 1.42. The molecule has 1 saturated carbocycles. The summed E-state index contributed by atoms with van der Waals surface area (Å²) in [5, 5.41) is 10.2.